The van der Waals surface area contributed by atoms with E-state index in [4.69, 9.17) is 0 Å². The van der Waals surface area contributed by atoms with Crippen molar-refractivity contribution < 1.29 is 13.3 Å². The number of fused-ring (bicyclic) bond motifs is 1. The molecule has 4 rings (SSSR count). The number of nitro benzene ring substituents is 1. The van der Waals surface area contributed by atoms with Gasteiger partial charge in [0.2, 0.25) is 10.0 Å². The first-order chi connectivity index (χ1) is 15.4. The molecule has 2 heterocycles. The number of nitrogens with one attached hydrogen (secondary N) is 1. The second kappa shape index (κ2) is 9.42. The zero-order valence-corrected chi connectivity index (χ0v) is 18.3. The third-order valence-corrected chi connectivity index (χ3v) is 7.00. The van der Waals surface area contributed by atoms with Crippen LogP contribution in [0.4, 0.5) is 5.69 Å². The average molecular weight is 471 g/mol. The van der Waals surface area contributed by atoms with Crippen LogP contribution in [0.15, 0.2) is 76.7 Å². The second-order valence-electron chi connectivity index (χ2n) is 6.73. The first-order valence-electron chi connectivity index (χ1n) is 9.54. The van der Waals surface area contributed by atoms with Crippen LogP contribution in [-0.4, -0.2) is 39.7 Å². The topological polar surface area (TPSA) is 132 Å². The van der Waals surface area contributed by atoms with Crippen molar-refractivity contribution in [2.24, 2.45) is 0 Å². The maximum Gasteiger partial charge on any atom is 0.269 e. The lowest BCUT2D eigenvalue weighted by molar-refractivity contribution is -0.384. The Morgan fingerprint density at radius 2 is 1.75 bits per heavy atom. The summed E-state index contributed by atoms with van der Waals surface area (Å²) in [5.41, 5.74) is 1.54. The van der Waals surface area contributed by atoms with Crippen LogP contribution in [0.5, 0.6) is 0 Å². The third kappa shape index (κ3) is 5.10. The van der Waals surface area contributed by atoms with Gasteiger partial charge in [0.1, 0.15) is 5.03 Å². The highest BCUT2D eigenvalue weighted by Gasteiger charge is 2.14. The lowest BCUT2D eigenvalue weighted by Gasteiger charge is -2.06. The molecule has 0 amide bonds. The molecule has 0 saturated carbocycles. The maximum absolute atomic E-state index is 12.3. The molecule has 12 heteroatoms. The largest absolute Gasteiger partial charge is 0.269 e. The third-order valence-electron chi connectivity index (χ3n) is 4.53. The molecule has 164 valence electrons. The molecule has 0 saturated heterocycles. The number of aromatic nitrogens is 4. The van der Waals surface area contributed by atoms with Gasteiger partial charge in [-0.25, -0.2) is 13.1 Å². The van der Waals surface area contributed by atoms with Gasteiger partial charge in [0, 0.05) is 30.9 Å². The van der Waals surface area contributed by atoms with Gasteiger partial charge >= 0.3 is 0 Å². The normalized spacial score (nSPS) is 11.6. The minimum atomic E-state index is -3.60. The Kier molecular flexibility index (Phi) is 6.44. The molecule has 4 aromatic rings. The Labute approximate surface area is 187 Å². The molecule has 0 bridgehead atoms. The van der Waals surface area contributed by atoms with Gasteiger partial charge in [-0.1, -0.05) is 42.1 Å². The van der Waals surface area contributed by atoms with Gasteiger partial charge in [0.15, 0.2) is 11.5 Å². The van der Waals surface area contributed by atoms with Crippen molar-refractivity contribution in [2.75, 3.05) is 6.54 Å². The van der Waals surface area contributed by atoms with E-state index in [2.05, 4.69) is 20.0 Å². The molecule has 32 heavy (non-hydrogen) atoms. The van der Waals surface area contributed by atoms with Gasteiger partial charge in [-0.2, -0.15) is 9.61 Å². The predicted molar refractivity (Wildman–Crippen MR) is 119 cm³/mol. The molecular weight excluding hydrogens is 452 g/mol. The summed E-state index contributed by atoms with van der Waals surface area (Å²) in [6, 6.07) is 18.1. The van der Waals surface area contributed by atoms with Crippen LogP contribution in [0.3, 0.4) is 0 Å². The average Bonchev–Trinajstić information content (AvgIpc) is 3.20. The summed E-state index contributed by atoms with van der Waals surface area (Å²) < 4.78 is 28.8. The van der Waals surface area contributed by atoms with E-state index in [0.717, 1.165) is 10.6 Å². The molecule has 2 aromatic carbocycles. The molecule has 0 fully saturated rings. The van der Waals surface area contributed by atoms with E-state index in [1.54, 1.807) is 40.9 Å². The minimum Gasteiger partial charge on any atom is -0.258 e. The first kappa shape index (κ1) is 21.9. The van der Waals surface area contributed by atoms with E-state index in [0.29, 0.717) is 23.6 Å². The van der Waals surface area contributed by atoms with E-state index in [-0.39, 0.29) is 17.1 Å². The van der Waals surface area contributed by atoms with Crippen molar-refractivity contribution in [3.8, 4) is 0 Å². The quantitative estimate of drug-likeness (QED) is 0.224. The highest BCUT2D eigenvalue weighted by Crippen LogP contribution is 2.22. The van der Waals surface area contributed by atoms with E-state index < -0.39 is 14.9 Å². The van der Waals surface area contributed by atoms with Gasteiger partial charge in [-0.05, 0) is 29.8 Å². The molecule has 0 atom stereocenters. The Morgan fingerprint density at radius 3 is 2.47 bits per heavy atom. The number of non-ortho nitro benzene ring substituents is 1. The van der Waals surface area contributed by atoms with Crippen molar-refractivity contribution >= 4 is 33.1 Å². The van der Waals surface area contributed by atoms with Crippen LogP contribution in [0.1, 0.15) is 11.4 Å². The summed E-state index contributed by atoms with van der Waals surface area (Å²) >= 11 is 1.47. The van der Waals surface area contributed by atoms with Crippen LogP contribution in [0.2, 0.25) is 0 Å². The van der Waals surface area contributed by atoms with E-state index in [1.165, 1.54) is 36.0 Å². The molecule has 1 N–H and O–H groups in total. The number of hydrogen-bond acceptors (Lipinski definition) is 8. The second-order valence-corrected chi connectivity index (χ2v) is 9.49. The summed E-state index contributed by atoms with van der Waals surface area (Å²) in [4.78, 5) is 10.5. The van der Waals surface area contributed by atoms with Gasteiger partial charge < -0.3 is 0 Å². The molecule has 0 spiro atoms. The van der Waals surface area contributed by atoms with Crippen LogP contribution < -0.4 is 4.72 Å². The zero-order valence-electron chi connectivity index (χ0n) is 16.7. The summed E-state index contributed by atoms with van der Waals surface area (Å²) in [6.45, 7) is 0.153. The van der Waals surface area contributed by atoms with Gasteiger partial charge in [0.05, 0.1) is 9.82 Å². The summed E-state index contributed by atoms with van der Waals surface area (Å²) in [6.07, 6.45) is 0.316. The fraction of sp³-hybridized carbons (Fsp3) is 0.150. The number of hydrogen-bond donors (Lipinski definition) is 1. The number of thioether (sulfide) groups is 1. The molecule has 10 nitrogen and oxygen atoms in total. The van der Waals surface area contributed by atoms with Gasteiger partial charge in [-0.3, -0.25) is 10.1 Å². The van der Waals surface area contributed by atoms with Crippen molar-refractivity contribution in [1.29, 1.82) is 0 Å². The van der Waals surface area contributed by atoms with Crippen LogP contribution in [-0.2, 0) is 22.2 Å². The molecule has 0 radical (unpaired) electrons. The van der Waals surface area contributed by atoms with Crippen molar-refractivity contribution in [3.63, 3.8) is 0 Å². The number of rotatable bonds is 9. The highest BCUT2D eigenvalue weighted by atomic mass is 32.2. The van der Waals surface area contributed by atoms with Crippen LogP contribution in [0, 0.1) is 10.1 Å². The Balaban J connectivity index is 1.40. The van der Waals surface area contributed by atoms with Crippen molar-refractivity contribution in [2.45, 2.75) is 22.1 Å². The fourth-order valence-electron chi connectivity index (χ4n) is 2.90. The van der Waals surface area contributed by atoms with E-state index in [1.807, 2.05) is 6.07 Å². The van der Waals surface area contributed by atoms with Gasteiger partial charge in [0.25, 0.3) is 5.69 Å². The maximum atomic E-state index is 12.3. The van der Waals surface area contributed by atoms with Gasteiger partial charge in [-0.15, -0.1) is 10.2 Å². The Morgan fingerprint density at radius 1 is 1.00 bits per heavy atom. The highest BCUT2D eigenvalue weighted by molar-refractivity contribution is 7.98. The molecular formula is C20H18N6O4S2. The molecule has 0 aliphatic carbocycles. The minimum absolute atomic E-state index is 0.0512. The van der Waals surface area contributed by atoms with Crippen molar-refractivity contribution in [3.05, 3.63) is 88.2 Å². The van der Waals surface area contributed by atoms with Crippen molar-refractivity contribution in [1.82, 2.24) is 24.5 Å². The Bertz CT molecular complexity index is 1340. The number of sulfonamides is 1. The SMILES string of the molecule is O=[N+]([O-])c1ccc(CSc2ccc3nnc(CCNS(=O)(=O)c4ccccc4)n3n2)cc1. The smallest absolute Gasteiger partial charge is 0.258 e. The number of nitro groups is 1. The monoisotopic (exact) mass is 470 g/mol. The molecule has 0 aliphatic rings. The predicted octanol–water partition coefficient (Wildman–Crippen LogP) is 2.85. The van der Waals surface area contributed by atoms with Crippen LogP contribution >= 0.6 is 11.8 Å². The van der Waals surface area contributed by atoms with E-state index in [9.17, 15) is 18.5 Å². The van der Waals surface area contributed by atoms with E-state index >= 15 is 0 Å². The number of benzene rings is 2. The summed E-state index contributed by atoms with van der Waals surface area (Å²) in [7, 11) is -3.60. The summed E-state index contributed by atoms with van der Waals surface area (Å²) in [5.74, 6) is 1.12. The summed E-state index contributed by atoms with van der Waals surface area (Å²) in [5, 5.41) is 24.2. The lowest BCUT2D eigenvalue weighted by atomic mass is 10.2. The standard InChI is InChI=1S/C20H18N6O4S2/c27-26(28)16-8-6-15(7-9-16)14-31-20-11-10-18-22-23-19(25(18)24-20)12-13-21-32(29,30)17-4-2-1-3-5-17/h1-11,21H,12-14H2. The van der Waals surface area contributed by atoms with Crippen LogP contribution in [0.25, 0.3) is 5.65 Å². The molecule has 0 aliphatic heterocycles. The zero-order chi connectivity index (χ0) is 22.6. The first-order valence-corrected chi connectivity index (χ1v) is 12.0. The number of nitrogens with zero attached hydrogens (tertiary/aromatic N) is 5. The Hall–Kier alpha value is -3.35. The fourth-order valence-corrected chi connectivity index (χ4v) is 4.76. The molecule has 2 aromatic heterocycles. The molecule has 0 unspecified atom stereocenters. The lowest BCUT2D eigenvalue weighted by Crippen LogP contribution is -2.26.